The third-order valence-corrected chi connectivity index (χ3v) is 5.23. The number of carbonyl (C=O) groups is 2. The lowest BCUT2D eigenvalue weighted by Crippen LogP contribution is -2.50. The molecule has 0 atom stereocenters. The van der Waals surface area contributed by atoms with Gasteiger partial charge in [0.15, 0.2) is 0 Å². The zero-order valence-corrected chi connectivity index (χ0v) is 11.8. The number of ether oxygens (including phenoxy) is 1. The number of carbonyl (C=O) groups excluding carboxylic acids is 2. The second kappa shape index (κ2) is 4.36. The number of esters is 1. The second-order valence-corrected chi connectivity index (χ2v) is 6.79. The molecule has 0 N–H and O–H groups in total. The van der Waals surface area contributed by atoms with Crippen LogP contribution in [0.25, 0.3) is 0 Å². The van der Waals surface area contributed by atoms with Crippen LogP contribution in [0.1, 0.15) is 65.7 Å². The van der Waals surface area contributed by atoms with Crippen molar-refractivity contribution in [2.24, 2.45) is 10.8 Å². The van der Waals surface area contributed by atoms with Crippen LogP contribution in [-0.4, -0.2) is 17.9 Å². The average molecular weight is 252 g/mol. The van der Waals surface area contributed by atoms with Gasteiger partial charge in [0.25, 0.3) is 0 Å². The van der Waals surface area contributed by atoms with E-state index in [1.807, 2.05) is 20.8 Å². The maximum atomic E-state index is 12.2. The van der Waals surface area contributed by atoms with Gasteiger partial charge >= 0.3 is 5.97 Å². The highest BCUT2D eigenvalue weighted by atomic mass is 16.6. The molecule has 0 amide bonds. The predicted octanol–water partition coefficient (Wildman–Crippen LogP) is 3.26. The van der Waals surface area contributed by atoms with Crippen molar-refractivity contribution >= 4 is 12.3 Å². The minimum Gasteiger partial charge on any atom is -0.459 e. The first-order valence-electron chi connectivity index (χ1n) is 7.07. The van der Waals surface area contributed by atoms with Crippen molar-refractivity contribution in [2.45, 2.75) is 71.3 Å². The highest BCUT2D eigenvalue weighted by molar-refractivity contribution is 5.76. The van der Waals surface area contributed by atoms with Crippen LogP contribution in [0.2, 0.25) is 0 Å². The molecule has 0 aliphatic heterocycles. The summed E-state index contributed by atoms with van der Waals surface area (Å²) >= 11 is 0. The molecule has 18 heavy (non-hydrogen) atoms. The SMILES string of the molecule is CCC(C)(C)C(=O)OC12CCC(C=O)(CC1)CC2. The quantitative estimate of drug-likeness (QED) is 0.570. The summed E-state index contributed by atoms with van der Waals surface area (Å²) in [6.45, 7) is 5.89. The van der Waals surface area contributed by atoms with Crippen LogP contribution in [0, 0.1) is 10.8 Å². The lowest BCUT2D eigenvalue weighted by Gasteiger charge is -2.50. The van der Waals surface area contributed by atoms with Crippen LogP contribution in [-0.2, 0) is 14.3 Å². The fraction of sp³-hybridized carbons (Fsp3) is 0.867. The van der Waals surface area contributed by atoms with Crippen molar-refractivity contribution in [1.29, 1.82) is 0 Å². The van der Waals surface area contributed by atoms with Gasteiger partial charge in [0, 0.05) is 5.41 Å². The van der Waals surface area contributed by atoms with E-state index in [0.717, 1.165) is 51.2 Å². The van der Waals surface area contributed by atoms with E-state index in [9.17, 15) is 9.59 Å². The van der Waals surface area contributed by atoms with Gasteiger partial charge in [-0.15, -0.1) is 0 Å². The van der Waals surface area contributed by atoms with Crippen LogP contribution >= 0.6 is 0 Å². The maximum Gasteiger partial charge on any atom is 0.312 e. The lowest BCUT2D eigenvalue weighted by atomic mass is 9.59. The Morgan fingerprint density at radius 3 is 2.06 bits per heavy atom. The normalized spacial score (nSPS) is 35.3. The van der Waals surface area contributed by atoms with Crippen molar-refractivity contribution < 1.29 is 14.3 Å². The molecule has 0 aromatic carbocycles. The fourth-order valence-corrected chi connectivity index (χ4v) is 2.99. The summed E-state index contributed by atoms with van der Waals surface area (Å²) in [7, 11) is 0. The Morgan fingerprint density at radius 1 is 1.17 bits per heavy atom. The molecular formula is C15H24O3. The Morgan fingerprint density at radius 2 is 1.67 bits per heavy atom. The van der Waals surface area contributed by atoms with Crippen molar-refractivity contribution in [3.8, 4) is 0 Å². The van der Waals surface area contributed by atoms with Crippen molar-refractivity contribution in [3.63, 3.8) is 0 Å². The molecule has 3 aliphatic rings. The van der Waals surface area contributed by atoms with Gasteiger partial charge in [-0.25, -0.2) is 0 Å². The van der Waals surface area contributed by atoms with Crippen LogP contribution in [0.3, 0.4) is 0 Å². The third-order valence-electron chi connectivity index (χ3n) is 5.23. The summed E-state index contributed by atoms with van der Waals surface area (Å²) in [6, 6.07) is 0. The largest absolute Gasteiger partial charge is 0.459 e. The van der Waals surface area contributed by atoms with Crippen LogP contribution in [0.15, 0.2) is 0 Å². The van der Waals surface area contributed by atoms with Gasteiger partial charge in [0.2, 0.25) is 0 Å². The summed E-state index contributed by atoms with van der Waals surface area (Å²) in [5.74, 6) is -0.0782. The second-order valence-electron chi connectivity index (χ2n) is 6.79. The summed E-state index contributed by atoms with van der Waals surface area (Å²) in [5, 5.41) is 0. The molecule has 2 bridgehead atoms. The molecule has 3 nitrogen and oxygen atoms in total. The van der Waals surface area contributed by atoms with E-state index < -0.39 is 5.41 Å². The predicted molar refractivity (Wildman–Crippen MR) is 69.1 cm³/mol. The lowest BCUT2D eigenvalue weighted by molar-refractivity contribution is -0.186. The standard InChI is InChI=1S/C15H24O3/c1-4-13(2,3)12(17)18-15-8-5-14(11-16,6-9-15)7-10-15/h11H,4-10H2,1-3H3. The fourth-order valence-electron chi connectivity index (χ4n) is 2.99. The smallest absolute Gasteiger partial charge is 0.312 e. The number of aldehydes is 1. The molecule has 0 aromatic heterocycles. The molecule has 0 spiro atoms. The molecule has 0 unspecified atom stereocenters. The summed E-state index contributed by atoms with van der Waals surface area (Å²) in [4.78, 5) is 23.4. The topological polar surface area (TPSA) is 43.4 Å². The molecule has 3 heteroatoms. The molecule has 3 fully saturated rings. The summed E-state index contributed by atoms with van der Waals surface area (Å²) in [6.07, 6.45) is 7.16. The third kappa shape index (κ3) is 2.19. The van der Waals surface area contributed by atoms with E-state index in [0.29, 0.717) is 0 Å². The molecule has 0 heterocycles. The van der Waals surface area contributed by atoms with Crippen molar-refractivity contribution in [1.82, 2.24) is 0 Å². The molecule has 3 saturated carbocycles. The molecule has 102 valence electrons. The van der Waals surface area contributed by atoms with Gasteiger partial charge in [-0.1, -0.05) is 6.92 Å². The van der Waals surface area contributed by atoms with Gasteiger partial charge in [-0.3, -0.25) is 4.79 Å². The van der Waals surface area contributed by atoms with E-state index in [1.165, 1.54) is 0 Å². The minimum atomic E-state index is -0.397. The average Bonchev–Trinajstić information content (AvgIpc) is 2.40. The van der Waals surface area contributed by atoms with Crippen LogP contribution in [0.5, 0.6) is 0 Å². The van der Waals surface area contributed by atoms with E-state index >= 15 is 0 Å². The zero-order valence-electron chi connectivity index (χ0n) is 11.8. The Hall–Kier alpha value is -0.860. The van der Waals surface area contributed by atoms with Crippen LogP contribution < -0.4 is 0 Å². The Kier molecular flexibility index (Phi) is 3.28. The van der Waals surface area contributed by atoms with Gasteiger partial charge in [-0.2, -0.15) is 0 Å². The summed E-state index contributed by atoms with van der Waals surface area (Å²) < 4.78 is 5.86. The van der Waals surface area contributed by atoms with Gasteiger partial charge in [-0.05, 0) is 58.8 Å². The molecule has 3 aliphatic carbocycles. The van der Waals surface area contributed by atoms with Crippen molar-refractivity contribution in [3.05, 3.63) is 0 Å². The van der Waals surface area contributed by atoms with Crippen LogP contribution in [0.4, 0.5) is 0 Å². The summed E-state index contributed by atoms with van der Waals surface area (Å²) in [5.41, 5.74) is -0.770. The molecule has 0 aromatic rings. The number of hydrogen-bond acceptors (Lipinski definition) is 3. The Balaban J connectivity index is 2.04. The maximum absolute atomic E-state index is 12.2. The Labute approximate surface area is 109 Å². The van der Waals surface area contributed by atoms with Gasteiger partial charge in [0.05, 0.1) is 5.41 Å². The minimum absolute atomic E-state index is 0.0782. The highest BCUT2D eigenvalue weighted by Gasteiger charge is 2.51. The first-order chi connectivity index (χ1) is 8.37. The monoisotopic (exact) mass is 252 g/mol. The van der Waals surface area contributed by atoms with E-state index in [2.05, 4.69) is 0 Å². The first-order valence-corrected chi connectivity index (χ1v) is 7.07. The van der Waals surface area contributed by atoms with E-state index in [-0.39, 0.29) is 17.0 Å². The zero-order chi connectivity index (χ0) is 13.4. The molecule has 0 saturated heterocycles. The number of fused-ring (bicyclic) bond motifs is 3. The number of rotatable bonds is 4. The van der Waals surface area contributed by atoms with Gasteiger partial charge in [0.1, 0.15) is 11.9 Å². The molecule has 0 radical (unpaired) electrons. The number of hydrogen-bond donors (Lipinski definition) is 0. The van der Waals surface area contributed by atoms with Gasteiger partial charge < -0.3 is 9.53 Å². The highest BCUT2D eigenvalue weighted by Crippen LogP contribution is 2.53. The Bertz CT molecular complexity index is 332. The van der Waals surface area contributed by atoms with Crippen molar-refractivity contribution in [2.75, 3.05) is 0 Å². The molecular weight excluding hydrogens is 228 g/mol. The van der Waals surface area contributed by atoms with E-state index in [4.69, 9.17) is 4.74 Å². The first kappa shape index (κ1) is 13.6. The van der Waals surface area contributed by atoms with E-state index in [1.54, 1.807) is 0 Å². The molecule has 3 rings (SSSR count).